The minimum absolute atomic E-state index is 0.0600. The predicted molar refractivity (Wildman–Crippen MR) is 72.9 cm³/mol. The van der Waals surface area contributed by atoms with Crippen molar-refractivity contribution in [2.24, 2.45) is 0 Å². The molecule has 0 aliphatic heterocycles. The van der Waals surface area contributed by atoms with Crippen LogP contribution < -0.4 is 10.6 Å². The summed E-state index contributed by atoms with van der Waals surface area (Å²) in [6, 6.07) is 8.14. The van der Waals surface area contributed by atoms with Gasteiger partial charge >= 0.3 is 0 Å². The largest absolute Gasteiger partial charge is 0.381 e. The lowest BCUT2D eigenvalue weighted by molar-refractivity contribution is 0.207. The van der Waals surface area contributed by atoms with E-state index in [1.54, 1.807) is 0 Å². The van der Waals surface area contributed by atoms with Crippen molar-refractivity contribution < 1.29 is 10.2 Å². The summed E-state index contributed by atoms with van der Waals surface area (Å²) in [5.74, 6) is 0. The Labute approximate surface area is 109 Å². The van der Waals surface area contributed by atoms with Crippen LogP contribution in [-0.2, 0) is 11.1 Å². The maximum atomic E-state index is 9.02. The molecule has 4 heteroatoms. The van der Waals surface area contributed by atoms with Crippen LogP contribution in [0.25, 0.3) is 0 Å². The smallest absolute Gasteiger partial charge is 0.0938 e. The normalized spacial score (nSPS) is 12.8. The standard InChI is InChI=1S/C14H24N2O2/c1-13(2,15-9-17)11-6-5-7-12(8-11)14(3,4)16-10-18/h5-8,15-18H,9-10H2,1-4H3. The van der Waals surface area contributed by atoms with Crippen molar-refractivity contribution in [1.82, 2.24) is 10.6 Å². The predicted octanol–water partition coefficient (Wildman–Crippen LogP) is 1.24. The van der Waals surface area contributed by atoms with Crippen molar-refractivity contribution in [3.8, 4) is 0 Å². The molecular formula is C14H24N2O2. The van der Waals surface area contributed by atoms with Crippen molar-refractivity contribution >= 4 is 0 Å². The molecule has 0 spiro atoms. The molecular weight excluding hydrogens is 228 g/mol. The molecule has 0 aliphatic rings. The lowest BCUT2D eigenvalue weighted by Gasteiger charge is -2.30. The zero-order valence-electron chi connectivity index (χ0n) is 11.6. The summed E-state index contributed by atoms with van der Waals surface area (Å²) in [5, 5.41) is 24.1. The third-order valence-electron chi connectivity index (χ3n) is 3.35. The topological polar surface area (TPSA) is 64.5 Å². The first-order valence-electron chi connectivity index (χ1n) is 6.16. The second-order valence-electron chi connectivity index (χ2n) is 5.50. The third kappa shape index (κ3) is 3.53. The summed E-state index contributed by atoms with van der Waals surface area (Å²) >= 11 is 0. The van der Waals surface area contributed by atoms with Crippen LogP contribution in [0.4, 0.5) is 0 Å². The van der Waals surface area contributed by atoms with Crippen molar-refractivity contribution in [3.63, 3.8) is 0 Å². The highest BCUT2D eigenvalue weighted by Gasteiger charge is 2.23. The summed E-state index contributed by atoms with van der Waals surface area (Å²) in [7, 11) is 0. The third-order valence-corrected chi connectivity index (χ3v) is 3.35. The van der Waals surface area contributed by atoms with Gasteiger partial charge in [-0.15, -0.1) is 0 Å². The summed E-state index contributed by atoms with van der Waals surface area (Å²) in [4.78, 5) is 0. The molecule has 1 aromatic carbocycles. The van der Waals surface area contributed by atoms with Gasteiger partial charge < -0.3 is 10.2 Å². The number of hydrogen-bond donors (Lipinski definition) is 4. The van der Waals surface area contributed by atoms with E-state index in [-0.39, 0.29) is 24.5 Å². The second kappa shape index (κ2) is 5.80. The highest BCUT2D eigenvalue weighted by atomic mass is 16.3. The molecule has 0 atom stereocenters. The van der Waals surface area contributed by atoms with Crippen LogP contribution in [0.5, 0.6) is 0 Å². The van der Waals surface area contributed by atoms with Gasteiger partial charge in [0.2, 0.25) is 0 Å². The van der Waals surface area contributed by atoms with E-state index in [9.17, 15) is 0 Å². The van der Waals surface area contributed by atoms with Crippen LogP contribution in [-0.4, -0.2) is 23.7 Å². The highest BCUT2D eigenvalue weighted by molar-refractivity contribution is 5.32. The molecule has 0 saturated carbocycles. The Morgan fingerprint density at radius 2 is 1.28 bits per heavy atom. The van der Waals surface area contributed by atoms with Crippen molar-refractivity contribution in [3.05, 3.63) is 35.4 Å². The zero-order chi connectivity index (χ0) is 13.8. The Morgan fingerprint density at radius 3 is 1.61 bits per heavy atom. The Kier molecular flexibility index (Phi) is 4.87. The van der Waals surface area contributed by atoms with E-state index in [4.69, 9.17) is 10.2 Å². The first-order valence-corrected chi connectivity index (χ1v) is 6.16. The number of aliphatic hydroxyl groups excluding tert-OH is 2. The Morgan fingerprint density at radius 1 is 0.889 bits per heavy atom. The zero-order valence-corrected chi connectivity index (χ0v) is 11.6. The Bertz CT molecular complexity index is 356. The number of aliphatic hydroxyl groups is 2. The van der Waals surface area contributed by atoms with E-state index in [2.05, 4.69) is 16.7 Å². The van der Waals surface area contributed by atoms with Gasteiger partial charge in [-0.3, -0.25) is 10.6 Å². The first kappa shape index (κ1) is 15.1. The van der Waals surface area contributed by atoms with Crippen molar-refractivity contribution in [1.29, 1.82) is 0 Å². The molecule has 0 saturated heterocycles. The molecule has 0 radical (unpaired) electrons. The van der Waals surface area contributed by atoms with Gasteiger partial charge in [-0.05, 0) is 38.8 Å². The van der Waals surface area contributed by atoms with Crippen LogP contribution in [0, 0.1) is 0 Å². The van der Waals surface area contributed by atoms with Gasteiger partial charge in [-0.25, -0.2) is 0 Å². The molecule has 1 aromatic rings. The molecule has 102 valence electrons. The average molecular weight is 252 g/mol. The van der Waals surface area contributed by atoms with Crippen LogP contribution in [0.15, 0.2) is 24.3 Å². The number of nitrogens with one attached hydrogen (secondary N) is 2. The fourth-order valence-electron chi connectivity index (χ4n) is 1.90. The summed E-state index contributed by atoms with van der Waals surface area (Å²) in [5.41, 5.74) is 1.61. The Hall–Kier alpha value is -0.940. The van der Waals surface area contributed by atoms with Crippen LogP contribution in [0.2, 0.25) is 0 Å². The molecule has 1 rings (SSSR count). The van der Waals surface area contributed by atoms with Crippen LogP contribution in [0.3, 0.4) is 0 Å². The lowest BCUT2D eigenvalue weighted by Crippen LogP contribution is -2.39. The molecule has 0 aliphatic carbocycles. The molecule has 0 unspecified atom stereocenters. The summed E-state index contributed by atoms with van der Waals surface area (Å²) < 4.78 is 0. The maximum absolute atomic E-state index is 9.02. The van der Waals surface area contributed by atoms with Gasteiger partial charge in [-0.1, -0.05) is 24.3 Å². The molecule has 0 aromatic heterocycles. The maximum Gasteiger partial charge on any atom is 0.0938 e. The van der Waals surface area contributed by atoms with Gasteiger partial charge in [0, 0.05) is 11.1 Å². The van der Waals surface area contributed by atoms with Crippen LogP contribution in [0.1, 0.15) is 38.8 Å². The average Bonchev–Trinajstić information content (AvgIpc) is 2.29. The minimum Gasteiger partial charge on any atom is -0.381 e. The number of hydrogen-bond acceptors (Lipinski definition) is 4. The van der Waals surface area contributed by atoms with E-state index < -0.39 is 0 Å². The van der Waals surface area contributed by atoms with Gasteiger partial charge in [0.05, 0.1) is 13.5 Å². The van der Waals surface area contributed by atoms with E-state index >= 15 is 0 Å². The fraction of sp³-hybridized carbons (Fsp3) is 0.571. The summed E-state index contributed by atoms with van der Waals surface area (Å²) in [6.45, 7) is 7.97. The van der Waals surface area contributed by atoms with E-state index in [0.717, 1.165) is 11.1 Å². The van der Waals surface area contributed by atoms with Crippen molar-refractivity contribution in [2.45, 2.75) is 38.8 Å². The number of rotatable bonds is 6. The van der Waals surface area contributed by atoms with E-state index in [1.807, 2.05) is 45.9 Å². The monoisotopic (exact) mass is 252 g/mol. The van der Waals surface area contributed by atoms with Gasteiger partial charge in [0.1, 0.15) is 0 Å². The first-order chi connectivity index (χ1) is 8.33. The van der Waals surface area contributed by atoms with Crippen LogP contribution >= 0.6 is 0 Å². The second-order valence-corrected chi connectivity index (χ2v) is 5.50. The molecule has 0 bridgehead atoms. The quantitative estimate of drug-likeness (QED) is 0.575. The molecule has 0 amide bonds. The van der Waals surface area contributed by atoms with E-state index in [1.165, 1.54) is 0 Å². The van der Waals surface area contributed by atoms with E-state index in [0.29, 0.717) is 0 Å². The van der Waals surface area contributed by atoms with Crippen molar-refractivity contribution in [2.75, 3.05) is 13.5 Å². The Balaban J connectivity index is 3.06. The molecule has 18 heavy (non-hydrogen) atoms. The lowest BCUT2D eigenvalue weighted by atomic mass is 9.87. The van der Waals surface area contributed by atoms with Gasteiger partial charge in [-0.2, -0.15) is 0 Å². The fourth-order valence-corrected chi connectivity index (χ4v) is 1.90. The van der Waals surface area contributed by atoms with Gasteiger partial charge in [0.25, 0.3) is 0 Å². The van der Waals surface area contributed by atoms with Gasteiger partial charge in [0.15, 0.2) is 0 Å². The highest BCUT2D eigenvalue weighted by Crippen LogP contribution is 2.26. The molecule has 4 nitrogen and oxygen atoms in total. The summed E-state index contributed by atoms with van der Waals surface area (Å²) in [6.07, 6.45) is 0. The SMILES string of the molecule is CC(C)(NCO)c1cccc(C(C)(C)NCO)c1. The molecule has 0 heterocycles. The molecule has 0 fully saturated rings. The molecule has 4 N–H and O–H groups in total. The number of benzene rings is 1. The minimum atomic E-state index is -0.292.